The molecule has 2 aliphatic heterocycles. The molecule has 4 heteroatoms. The van der Waals surface area contributed by atoms with Gasteiger partial charge in [0.05, 0.1) is 6.54 Å². The molecule has 1 saturated heterocycles. The van der Waals surface area contributed by atoms with E-state index in [9.17, 15) is 4.79 Å². The minimum Gasteiger partial charge on any atom is -0.476 e. The van der Waals surface area contributed by atoms with Crippen molar-refractivity contribution in [3.05, 3.63) is 76.4 Å². The van der Waals surface area contributed by atoms with E-state index < -0.39 is 0 Å². The van der Waals surface area contributed by atoms with Crippen LogP contribution in [0.25, 0.3) is 6.08 Å². The predicted molar refractivity (Wildman–Crippen MR) is 108 cm³/mol. The normalized spacial score (nSPS) is 16.7. The highest BCUT2D eigenvalue weighted by molar-refractivity contribution is 5.95. The zero-order chi connectivity index (χ0) is 18.6. The molecule has 0 saturated carbocycles. The fraction of sp³-hybridized carbons (Fsp3) is 0.304. The van der Waals surface area contributed by atoms with E-state index in [1.54, 1.807) is 0 Å². The van der Waals surface area contributed by atoms with Gasteiger partial charge in [-0.05, 0) is 49.6 Å². The van der Waals surface area contributed by atoms with Crippen LogP contribution in [-0.4, -0.2) is 42.9 Å². The number of carbonyl (C=O) groups is 1. The maximum absolute atomic E-state index is 12.6. The molecule has 2 aliphatic rings. The van der Waals surface area contributed by atoms with E-state index in [0.717, 1.165) is 49.5 Å². The highest BCUT2D eigenvalue weighted by Gasteiger charge is 2.20. The van der Waals surface area contributed by atoms with Gasteiger partial charge in [-0.1, -0.05) is 41.5 Å². The molecule has 2 aromatic carbocycles. The first-order chi connectivity index (χ1) is 13.2. The number of aliphatic imine (C=N–C) groups is 1. The number of amides is 1. The summed E-state index contributed by atoms with van der Waals surface area (Å²) in [4.78, 5) is 18.9. The lowest BCUT2D eigenvalue weighted by Gasteiger charge is -2.28. The minimum atomic E-state index is 0.135. The van der Waals surface area contributed by atoms with E-state index in [2.05, 4.69) is 35.3 Å². The zero-order valence-electron chi connectivity index (χ0n) is 15.6. The summed E-state index contributed by atoms with van der Waals surface area (Å²) in [5.74, 6) is 0.882. The Bertz CT molecular complexity index is 870. The molecule has 0 unspecified atom stereocenters. The van der Waals surface area contributed by atoms with Crippen molar-refractivity contribution in [2.75, 3.05) is 26.2 Å². The Balaban J connectivity index is 1.37. The Morgan fingerprint density at radius 3 is 2.37 bits per heavy atom. The maximum atomic E-state index is 12.6. The fourth-order valence-corrected chi connectivity index (χ4v) is 3.49. The fourth-order valence-electron chi connectivity index (χ4n) is 3.49. The second kappa shape index (κ2) is 7.78. The molecule has 2 heterocycles. The van der Waals surface area contributed by atoms with Crippen LogP contribution >= 0.6 is 0 Å². The lowest BCUT2D eigenvalue weighted by atomic mass is 9.99. The average molecular weight is 360 g/mol. The molecule has 138 valence electrons. The highest BCUT2D eigenvalue weighted by Crippen LogP contribution is 2.21. The van der Waals surface area contributed by atoms with Crippen LogP contribution in [0.4, 0.5) is 0 Å². The van der Waals surface area contributed by atoms with Crippen LogP contribution < -0.4 is 0 Å². The Hall–Kier alpha value is -2.88. The van der Waals surface area contributed by atoms with Crippen molar-refractivity contribution in [3.63, 3.8) is 0 Å². The lowest BCUT2D eigenvalue weighted by molar-refractivity contribution is 0.0744. The van der Waals surface area contributed by atoms with Crippen molar-refractivity contribution in [2.45, 2.75) is 19.8 Å². The van der Waals surface area contributed by atoms with Crippen molar-refractivity contribution in [1.29, 1.82) is 0 Å². The van der Waals surface area contributed by atoms with Crippen molar-refractivity contribution < 1.29 is 9.53 Å². The van der Waals surface area contributed by atoms with E-state index in [1.165, 1.54) is 16.7 Å². The summed E-state index contributed by atoms with van der Waals surface area (Å²) >= 11 is 0. The molecule has 0 aromatic heterocycles. The van der Waals surface area contributed by atoms with Gasteiger partial charge in [-0.15, -0.1) is 0 Å². The quantitative estimate of drug-likeness (QED) is 0.827. The van der Waals surface area contributed by atoms with Crippen LogP contribution in [0.15, 0.2) is 59.1 Å². The van der Waals surface area contributed by atoms with E-state index in [-0.39, 0.29) is 5.91 Å². The number of nitrogens with zero attached hydrogens (tertiary/aromatic N) is 2. The summed E-state index contributed by atoms with van der Waals surface area (Å²) < 4.78 is 5.50. The van der Waals surface area contributed by atoms with Gasteiger partial charge in [0, 0.05) is 24.2 Å². The molecular weight excluding hydrogens is 336 g/mol. The second-order valence-electron chi connectivity index (χ2n) is 7.12. The summed E-state index contributed by atoms with van der Waals surface area (Å²) in [6.45, 7) is 5.02. The molecular formula is C23H24N2O2. The molecule has 2 aromatic rings. The molecule has 0 bridgehead atoms. The van der Waals surface area contributed by atoms with Gasteiger partial charge in [0.2, 0.25) is 5.90 Å². The first-order valence-electron chi connectivity index (χ1n) is 9.52. The Morgan fingerprint density at radius 2 is 1.74 bits per heavy atom. The Kier molecular flexibility index (Phi) is 5.05. The summed E-state index contributed by atoms with van der Waals surface area (Å²) in [5, 5.41) is 0. The number of hydrogen-bond donors (Lipinski definition) is 0. The standard InChI is InChI=1S/C23H24N2O2/c1-17-2-6-21(7-3-17)23(26)25-13-10-19(11-14-25)16-18-4-8-20(9-5-18)22-24-12-15-27-22/h2-9,16H,10-15H2,1H3. The molecule has 4 rings (SSSR count). The second-order valence-corrected chi connectivity index (χ2v) is 7.12. The zero-order valence-corrected chi connectivity index (χ0v) is 15.6. The monoisotopic (exact) mass is 360 g/mol. The smallest absolute Gasteiger partial charge is 0.253 e. The van der Waals surface area contributed by atoms with Gasteiger partial charge in [0.15, 0.2) is 0 Å². The van der Waals surface area contributed by atoms with Crippen LogP contribution in [0.1, 0.15) is 39.9 Å². The number of likely N-dealkylation sites (tertiary alicyclic amines) is 1. The van der Waals surface area contributed by atoms with Crippen molar-refractivity contribution in [2.24, 2.45) is 4.99 Å². The SMILES string of the molecule is Cc1ccc(C(=O)N2CCC(=Cc3ccc(C4=NCCO4)cc3)CC2)cc1. The van der Waals surface area contributed by atoms with Gasteiger partial charge in [-0.25, -0.2) is 4.99 Å². The molecule has 0 N–H and O–H groups in total. The van der Waals surface area contributed by atoms with Crippen LogP contribution in [0.3, 0.4) is 0 Å². The van der Waals surface area contributed by atoms with Crippen LogP contribution in [-0.2, 0) is 4.74 Å². The van der Waals surface area contributed by atoms with Crippen LogP contribution in [0.5, 0.6) is 0 Å². The summed E-state index contributed by atoms with van der Waals surface area (Å²) in [7, 11) is 0. The third kappa shape index (κ3) is 4.11. The first-order valence-corrected chi connectivity index (χ1v) is 9.52. The molecule has 4 nitrogen and oxygen atoms in total. The number of rotatable bonds is 3. The van der Waals surface area contributed by atoms with Gasteiger partial charge < -0.3 is 9.64 Å². The molecule has 0 radical (unpaired) electrons. The Morgan fingerprint density at radius 1 is 1.04 bits per heavy atom. The lowest BCUT2D eigenvalue weighted by Crippen LogP contribution is -2.36. The largest absolute Gasteiger partial charge is 0.476 e. The number of ether oxygens (including phenoxy) is 1. The molecule has 0 aliphatic carbocycles. The van der Waals surface area contributed by atoms with Crippen molar-refractivity contribution in [3.8, 4) is 0 Å². The molecule has 0 atom stereocenters. The highest BCUT2D eigenvalue weighted by atomic mass is 16.5. The third-order valence-corrected chi connectivity index (χ3v) is 5.11. The van der Waals surface area contributed by atoms with E-state index in [0.29, 0.717) is 6.61 Å². The van der Waals surface area contributed by atoms with E-state index in [1.807, 2.05) is 36.1 Å². The summed E-state index contributed by atoms with van der Waals surface area (Å²) in [6.07, 6.45) is 4.10. The van der Waals surface area contributed by atoms with Crippen LogP contribution in [0.2, 0.25) is 0 Å². The number of carbonyl (C=O) groups excluding carboxylic acids is 1. The van der Waals surface area contributed by atoms with Crippen LogP contribution in [0, 0.1) is 6.92 Å². The molecule has 0 spiro atoms. The van der Waals surface area contributed by atoms with E-state index in [4.69, 9.17) is 4.74 Å². The molecule has 1 fully saturated rings. The van der Waals surface area contributed by atoms with Gasteiger partial charge in [-0.2, -0.15) is 0 Å². The average Bonchev–Trinajstić information content (AvgIpc) is 3.24. The van der Waals surface area contributed by atoms with Crippen molar-refractivity contribution in [1.82, 2.24) is 4.90 Å². The number of piperidine rings is 1. The first kappa shape index (κ1) is 17.5. The minimum absolute atomic E-state index is 0.135. The topological polar surface area (TPSA) is 41.9 Å². The summed E-state index contributed by atoms with van der Waals surface area (Å²) in [5.41, 5.74) is 5.57. The number of aryl methyl sites for hydroxylation is 1. The van der Waals surface area contributed by atoms with E-state index >= 15 is 0 Å². The number of hydrogen-bond acceptors (Lipinski definition) is 3. The molecule has 27 heavy (non-hydrogen) atoms. The Labute approximate surface area is 160 Å². The van der Waals surface area contributed by atoms with Gasteiger partial charge in [-0.3, -0.25) is 4.79 Å². The maximum Gasteiger partial charge on any atom is 0.253 e. The van der Waals surface area contributed by atoms with Gasteiger partial charge in [0.25, 0.3) is 5.91 Å². The third-order valence-electron chi connectivity index (χ3n) is 5.11. The summed E-state index contributed by atoms with van der Waals surface area (Å²) in [6, 6.07) is 16.2. The van der Waals surface area contributed by atoms with Gasteiger partial charge in [0.1, 0.15) is 6.61 Å². The number of benzene rings is 2. The predicted octanol–water partition coefficient (Wildman–Crippen LogP) is 4.09. The molecule has 1 amide bonds. The van der Waals surface area contributed by atoms with Crippen molar-refractivity contribution >= 4 is 17.9 Å². The van der Waals surface area contributed by atoms with Gasteiger partial charge >= 0.3 is 0 Å².